The Morgan fingerprint density at radius 3 is 2.11 bits per heavy atom. The lowest BCUT2D eigenvalue weighted by atomic mass is 9.96. The molecule has 1 atom stereocenters. The summed E-state index contributed by atoms with van der Waals surface area (Å²) in [6.07, 6.45) is 1.50. The minimum Gasteiger partial charge on any atom is -0.491 e. The zero-order valence-electron chi connectivity index (χ0n) is 15.4. The summed E-state index contributed by atoms with van der Waals surface area (Å²) in [5.41, 5.74) is -1.05. The predicted molar refractivity (Wildman–Crippen MR) is 99.2 cm³/mol. The van der Waals surface area contributed by atoms with Gasteiger partial charge in [0.1, 0.15) is 35.3 Å². The maximum atomic E-state index is 12.9. The first-order valence-electron chi connectivity index (χ1n) is 9.20. The van der Waals surface area contributed by atoms with Crippen LogP contribution in [-0.2, 0) is 4.79 Å². The predicted octanol–water partition coefficient (Wildman–Crippen LogP) is 3.17. The molecule has 7 heteroatoms. The molecule has 150 valence electrons. The SMILES string of the molecule is O=C(COc1ccc(F)cc1)N1CCCC(O)(COc2ccc(F)cc2)CC1. The van der Waals surface area contributed by atoms with E-state index in [1.54, 1.807) is 4.90 Å². The van der Waals surface area contributed by atoms with Gasteiger partial charge in [0, 0.05) is 13.1 Å². The van der Waals surface area contributed by atoms with Gasteiger partial charge in [-0.25, -0.2) is 8.78 Å². The van der Waals surface area contributed by atoms with Crippen molar-refractivity contribution in [3.8, 4) is 11.5 Å². The van der Waals surface area contributed by atoms with Crippen LogP contribution in [0.3, 0.4) is 0 Å². The van der Waals surface area contributed by atoms with Crippen molar-refractivity contribution in [2.24, 2.45) is 0 Å². The molecule has 2 aromatic rings. The van der Waals surface area contributed by atoms with Crippen LogP contribution >= 0.6 is 0 Å². The highest BCUT2D eigenvalue weighted by molar-refractivity contribution is 5.77. The lowest BCUT2D eigenvalue weighted by Gasteiger charge is -2.27. The molecule has 28 heavy (non-hydrogen) atoms. The van der Waals surface area contributed by atoms with E-state index >= 15 is 0 Å². The maximum Gasteiger partial charge on any atom is 0.260 e. The van der Waals surface area contributed by atoms with E-state index in [0.29, 0.717) is 43.9 Å². The van der Waals surface area contributed by atoms with Gasteiger partial charge in [-0.2, -0.15) is 0 Å². The minimum atomic E-state index is -1.05. The second kappa shape index (κ2) is 9.01. The summed E-state index contributed by atoms with van der Waals surface area (Å²) >= 11 is 0. The van der Waals surface area contributed by atoms with Gasteiger partial charge in [0.05, 0.1) is 0 Å². The van der Waals surface area contributed by atoms with Crippen LogP contribution in [0.4, 0.5) is 8.78 Å². The number of aliphatic hydroxyl groups is 1. The number of rotatable bonds is 6. The lowest BCUT2D eigenvalue weighted by molar-refractivity contribution is -0.133. The van der Waals surface area contributed by atoms with E-state index in [4.69, 9.17) is 9.47 Å². The first-order chi connectivity index (χ1) is 13.4. The van der Waals surface area contributed by atoms with E-state index in [2.05, 4.69) is 0 Å². The van der Waals surface area contributed by atoms with E-state index in [9.17, 15) is 18.7 Å². The smallest absolute Gasteiger partial charge is 0.260 e. The van der Waals surface area contributed by atoms with Crippen LogP contribution in [-0.4, -0.2) is 47.8 Å². The molecule has 1 amide bonds. The number of carbonyl (C=O) groups is 1. The van der Waals surface area contributed by atoms with Gasteiger partial charge >= 0.3 is 0 Å². The summed E-state index contributed by atoms with van der Waals surface area (Å²) in [4.78, 5) is 14.0. The van der Waals surface area contributed by atoms with Crippen LogP contribution in [0.1, 0.15) is 19.3 Å². The van der Waals surface area contributed by atoms with Gasteiger partial charge in [-0.3, -0.25) is 4.79 Å². The molecule has 0 bridgehead atoms. The fourth-order valence-electron chi connectivity index (χ4n) is 3.09. The number of halogens is 2. The second-order valence-electron chi connectivity index (χ2n) is 6.94. The highest BCUT2D eigenvalue weighted by atomic mass is 19.1. The third-order valence-electron chi connectivity index (χ3n) is 4.77. The standard InChI is InChI=1S/C21H23F2NO4/c22-16-2-6-18(7-3-16)27-14-20(25)24-12-1-10-21(26,11-13-24)15-28-19-8-4-17(23)5-9-19/h2-9,26H,1,10-15H2. The van der Waals surface area contributed by atoms with Crippen molar-refractivity contribution >= 4 is 5.91 Å². The molecule has 1 fully saturated rings. The normalized spacial score (nSPS) is 19.8. The Morgan fingerprint density at radius 1 is 0.929 bits per heavy atom. The molecule has 1 aliphatic rings. The first-order valence-corrected chi connectivity index (χ1v) is 9.20. The number of ether oxygens (including phenoxy) is 2. The number of hydrogen-bond donors (Lipinski definition) is 1. The van der Waals surface area contributed by atoms with Crippen LogP contribution in [0.25, 0.3) is 0 Å². The van der Waals surface area contributed by atoms with Crippen molar-refractivity contribution < 1.29 is 28.2 Å². The molecule has 1 saturated heterocycles. The summed E-state index contributed by atoms with van der Waals surface area (Å²) in [5.74, 6) is 0.00683. The van der Waals surface area contributed by atoms with Crippen molar-refractivity contribution in [3.63, 3.8) is 0 Å². The monoisotopic (exact) mass is 391 g/mol. The van der Waals surface area contributed by atoms with Crippen LogP contribution < -0.4 is 9.47 Å². The largest absolute Gasteiger partial charge is 0.491 e. The lowest BCUT2D eigenvalue weighted by Crippen LogP contribution is -2.39. The molecule has 0 saturated carbocycles. The molecule has 0 spiro atoms. The molecule has 1 N–H and O–H groups in total. The van der Waals surface area contributed by atoms with Crippen molar-refractivity contribution in [1.82, 2.24) is 4.90 Å². The molecular formula is C21H23F2NO4. The molecule has 1 unspecified atom stereocenters. The zero-order chi connectivity index (χ0) is 20.0. The Balaban J connectivity index is 1.48. The molecule has 0 aromatic heterocycles. The van der Waals surface area contributed by atoms with Crippen LogP contribution in [0, 0.1) is 11.6 Å². The summed E-state index contributed by atoms with van der Waals surface area (Å²) in [5, 5.41) is 10.8. The number of hydrogen-bond acceptors (Lipinski definition) is 4. The highest BCUT2D eigenvalue weighted by Crippen LogP contribution is 2.24. The Labute approximate surface area is 162 Å². The molecule has 0 radical (unpaired) electrons. The van der Waals surface area contributed by atoms with Gasteiger partial charge in [0.25, 0.3) is 5.91 Å². The molecular weight excluding hydrogens is 368 g/mol. The molecule has 1 aliphatic heterocycles. The topological polar surface area (TPSA) is 59.0 Å². The number of amides is 1. The Bertz CT molecular complexity index is 782. The van der Waals surface area contributed by atoms with E-state index in [1.807, 2.05) is 0 Å². The number of likely N-dealkylation sites (tertiary alicyclic amines) is 1. The van der Waals surface area contributed by atoms with Crippen LogP contribution in [0.5, 0.6) is 11.5 Å². The molecule has 0 aliphatic carbocycles. The van der Waals surface area contributed by atoms with E-state index in [1.165, 1.54) is 48.5 Å². The fraction of sp³-hybridized carbons (Fsp3) is 0.381. The van der Waals surface area contributed by atoms with Crippen LogP contribution in [0.15, 0.2) is 48.5 Å². The minimum absolute atomic E-state index is 0.0761. The third-order valence-corrected chi connectivity index (χ3v) is 4.77. The van der Waals surface area contributed by atoms with Crippen molar-refractivity contribution in [2.45, 2.75) is 24.9 Å². The summed E-state index contributed by atoms with van der Waals surface area (Å²) in [7, 11) is 0. The van der Waals surface area contributed by atoms with Gasteiger partial charge in [-0.15, -0.1) is 0 Å². The average Bonchev–Trinajstić information content (AvgIpc) is 2.89. The third kappa shape index (κ3) is 5.66. The van der Waals surface area contributed by atoms with Crippen molar-refractivity contribution in [2.75, 3.05) is 26.3 Å². The van der Waals surface area contributed by atoms with Gasteiger partial charge in [-0.1, -0.05) is 0 Å². The van der Waals surface area contributed by atoms with Gasteiger partial charge < -0.3 is 19.5 Å². The Morgan fingerprint density at radius 2 is 1.50 bits per heavy atom. The zero-order valence-corrected chi connectivity index (χ0v) is 15.4. The molecule has 5 nitrogen and oxygen atoms in total. The first kappa shape index (κ1) is 20.1. The maximum absolute atomic E-state index is 12.9. The average molecular weight is 391 g/mol. The van der Waals surface area contributed by atoms with Crippen molar-refractivity contribution in [3.05, 3.63) is 60.2 Å². The van der Waals surface area contributed by atoms with Crippen LogP contribution in [0.2, 0.25) is 0 Å². The summed E-state index contributed by atoms with van der Waals surface area (Å²) in [6, 6.07) is 11.1. The highest BCUT2D eigenvalue weighted by Gasteiger charge is 2.32. The Hall–Kier alpha value is -2.67. The fourth-order valence-corrected chi connectivity index (χ4v) is 3.09. The molecule has 1 heterocycles. The second-order valence-corrected chi connectivity index (χ2v) is 6.94. The van der Waals surface area contributed by atoms with E-state index in [0.717, 1.165) is 0 Å². The van der Waals surface area contributed by atoms with E-state index < -0.39 is 5.60 Å². The van der Waals surface area contributed by atoms with Gasteiger partial charge in [0.15, 0.2) is 6.61 Å². The quantitative estimate of drug-likeness (QED) is 0.822. The molecule has 2 aromatic carbocycles. The van der Waals surface area contributed by atoms with Gasteiger partial charge in [0.2, 0.25) is 0 Å². The number of benzene rings is 2. The van der Waals surface area contributed by atoms with Gasteiger partial charge in [-0.05, 0) is 67.8 Å². The summed E-state index contributed by atoms with van der Waals surface area (Å²) in [6.45, 7) is 0.836. The van der Waals surface area contributed by atoms with Crippen molar-refractivity contribution in [1.29, 1.82) is 0 Å². The van der Waals surface area contributed by atoms with E-state index in [-0.39, 0.29) is 30.8 Å². The summed E-state index contributed by atoms with van der Waals surface area (Å²) < 4.78 is 36.9. The number of nitrogens with zero attached hydrogens (tertiary/aromatic N) is 1. The number of carbonyl (C=O) groups excluding carboxylic acids is 1. The molecule has 3 rings (SSSR count). The Kier molecular flexibility index (Phi) is 6.46.